The van der Waals surface area contributed by atoms with E-state index in [9.17, 15) is 19.7 Å². The zero-order chi connectivity index (χ0) is 17.0. The molecule has 1 amide bonds. The van der Waals surface area contributed by atoms with Gasteiger partial charge in [-0.2, -0.15) is 0 Å². The molecule has 7 heteroatoms. The van der Waals surface area contributed by atoms with Gasteiger partial charge < -0.3 is 9.80 Å². The Morgan fingerprint density at radius 2 is 1.87 bits per heavy atom. The molecule has 1 aromatic rings. The predicted octanol–water partition coefficient (Wildman–Crippen LogP) is 1.34. The number of rotatable bonds is 4. The summed E-state index contributed by atoms with van der Waals surface area (Å²) in [5.41, 5.74) is 0.440. The lowest BCUT2D eigenvalue weighted by molar-refractivity contribution is -0.384. The van der Waals surface area contributed by atoms with Crippen LogP contribution in [0.25, 0.3) is 6.08 Å². The summed E-state index contributed by atoms with van der Waals surface area (Å²) in [4.78, 5) is 38.5. The first-order valence-electron chi connectivity index (χ1n) is 7.33. The third-order valence-electron chi connectivity index (χ3n) is 3.79. The highest BCUT2D eigenvalue weighted by molar-refractivity contribution is 6.21. The molecule has 0 aromatic heterocycles. The van der Waals surface area contributed by atoms with Crippen LogP contribution in [0.3, 0.4) is 0 Å². The maximum absolute atomic E-state index is 12.6. The number of amides is 1. The first-order valence-corrected chi connectivity index (χ1v) is 7.33. The van der Waals surface area contributed by atoms with Gasteiger partial charge in [0.05, 0.1) is 10.5 Å². The normalized spacial score (nSPS) is 16.3. The fraction of sp³-hybridized carbons (Fsp3) is 0.375. The van der Waals surface area contributed by atoms with Crippen molar-refractivity contribution in [2.75, 3.05) is 33.2 Å². The van der Waals surface area contributed by atoms with Crippen LogP contribution in [0.1, 0.15) is 12.5 Å². The van der Waals surface area contributed by atoms with E-state index in [-0.39, 0.29) is 23.0 Å². The first kappa shape index (κ1) is 16.8. The molecule has 2 rings (SSSR count). The molecule has 1 aliphatic rings. The number of Topliss-reactive ketones (excluding diaryl/α,β-unsaturated/α-hetero) is 1. The SMILES string of the molecule is CC(=O)/C(=C\c1cccc([N+](=O)[O-])c1)C(=O)N1CCN(C)CC1. The monoisotopic (exact) mass is 317 g/mol. The van der Waals surface area contributed by atoms with Crippen molar-refractivity contribution >= 4 is 23.5 Å². The molecule has 1 heterocycles. The first-order chi connectivity index (χ1) is 10.9. The molecule has 7 nitrogen and oxygen atoms in total. The molecule has 0 aliphatic carbocycles. The molecule has 0 unspecified atom stereocenters. The molecule has 0 saturated carbocycles. The molecular formula is C16H19N3O4. The third kappa shape index (κ3) is 4.23. The van der Waals surface area contributed by atoms with Crippen molar-refractivity contribution in [3.8, 4) is 0 Å². The minimum atomic E-state index is -0.507. The van der Waals surface area contributed by atoms with E-state index in [0.717, 1.165) is 13.1 Å². The largest absolute Gasteiger partial charge is 0.336 e. The summed E-state index contributed by atoms with van der Waals surface area (Å²) in [5, 5.41) is 10.8. The Labute approximate surface area is 134 Å². The number of nitrogens with zero attached hydrogens (tertiary/aromatic N) is 3. The number of carbonyl (C=O) groups is 2. The van der Waals surface area contributed by atoms with Gasteiger partial charge >= 0.3 is 0 Å². The van der Waals surface area contributed by atoms with Gasteiger partial charge in [-0.3, -0.25) is 19.7 Å². The zero-order valence-electron chi connectivity index (χ0n) is 13.2. The van der Waals surface area contributed by atoms with Gasteiger partial charge in [-0.15, -0.1) is 0 Å². The number of piperazine rings is 1. The van der Waals surface area contributed by atoms with E-state index in [1.54, 1.807) is 11.0 Å². The van der Waals surface area contributed by atoms with E-state index in [1.807, 2.05) is 7.05 Å². The van der Waals surface area contributed by atoms with Crippen molar-refractivity contribution in [1.82, 2.24) is 9.80 Å². The molecule has 0 atom stereocenters. The second kappa shape index (κ2) is 7.15. The lowest BCUT2D eigenvalue weighted by Crippen LogP contribution is -2.48. The molecule has 1 saturated heterocycles. The van der Waals surface area contributed by atoms with E-state index >= 15 is 0 Å². The van der Waals surface area contributed by atoms with Crippen molar-refractivity contribution in [3.05, 3.63) is 45.5 Å². The van der Waals surface area contributed by atoms with Crippen molar-refractivity contribution in [1.29, 1.82) is 0 Å². The Morgan fingerprint density at radius 1 is 1.22 bits per heavy atom. The standard InChI is InChI=1S/C16H19N3O4/c1-12(20)15(16(21)18-8-6-17(2)7-9-18)11-13-4-3-5-14(10-13)19(22)23/h3-5,10-11H,6-9H2,1-2H3/b15-11+. The highest BCUT2D eigenvalue weighted by Crippen LogP contribution is 2.17. The van der Waals surface area contributed by atoms with Crippen LogP contribution in [0.4, 0.5) is 5.69 Å². The van der Waals surface area contributed by atoms with Gasteiger partial charge in [-0.05, 0) is 25.6 Å². The Kier molecular flexibility index (Phi) is 5.23. The maximum Gasteiger partial charge on any atom is 0.270 e. The number of nitro groups is 1. The van der Waals surface area contributed by atoms with Crippen LogP contribution >= 0.6 is 0 Å². The summed E-state index contributed by atoms with van der Waals surface area (Å²) < 4.78 is 0. The van der Waals surface area contributed by atoms with Crippen molar-refractivity contribution in [2.24, 2.45) is 0 Å². The fourth-order valence-corrected chi connectivity index (χ4v) is 2.39. The Bertz CT molecular complexity index is 661. The molecular weight excluding hydrogens is 298 g/mol. The summed E-state index contributed by atoms with van der Waals surface area (Å²) in [6, 6.07) is 5.88. The molecule has 0 spiro atoms. The highest BCUT2D eigenvalue weighted by Gasteiger charge is 2.24. The van der Waals surface area contributed by atoms with E-state index in [4.69, 9.17) is 0 Å². The van der Waals surface area contributed by atoms with Crippen molar-refractivity contribution in [3.63, 3.8) is 0 Å². The quantitative estimate of drug-likeness (QED) is 0.275. The average Bonchev–Trinajstić information content (AvgIpc) is 2.52. The van der Waals surface area contributed by atoms with Crippen molar-refractivity contribution in [2.45, 2.75) is 6.92 Å². The fourth-order valence-electron chi connectivity index (χ4n) is 2.39. The molecule has 1 aromatic carbocycles. The summed E-state index contributed by atoms with van der Waals surface area (Å²) in [6.45, 7) is 3.97. The van der Waals surface area contributed by atoms with Gasteiger partial charge in [0.2, 0.25) is 0 Å². The molecule has 0 bridgehead atoms. The van der Waals surface area contributed by atoms with Gasteiger partial charge in [-0.1, -0.05) is 12.1 Å². The van der Waals surface area contributed by atoms with Gasteiger partial charge in [0.15, 0.2) is 5.78 Å². The van der Waals surface area contributed by atoms with E-state index in [2.05, 4.69) is 4.90 Å². The lowest BCUT2D eigenvalue weighted by atomic mass is 10.1. The van der Waals surface area contributed by atoms with Crippen LogP contribution in [0, 0.1) is 10.1 Å². The molecule has 23 heavy (non-hydrogen) atoms. The minimum Gasteiger partial charge on any atom is -0.336 e. The molecule has 122 valence electrons. The topological polar surface area (TPSA) is 83.8 Å². The molecule has 1 aliphatic heterocycles. The van der Waals surface area contributed by atoms with Crippen LogP contribution in [0.2, 0.25) is 0 Å². The van der Waals surface area contributed by atoms with Crippen LogP contribution in [-0.2, 0) is 9.59 Å². The van der Waals surface area contributed by atoms with Gasteiger partial charge in [0.1, 0.15) is 0 Å². The molecule has 1 fully saturated rings. The van der Waals surface area contributed by atoms with E-state index < -0.39 is 4.92 Å². The number of carbonyl (C=O) groups excluding carboxylic acids is 2. The highest BCUT2D eigenvalue weighted by atomic mass is 16.6. The lowest BCUT2D eigenvalue weighted by Gasteiger charge is -2.32. The number of hydrogen-bond donors (Lipinski definition) is 0. The Hall–Kier alpha value is -2.54. The second-order valence-corrected chi connectivity index (χ2v) is 5.56. The average molecular weight is 317 g/mol. The number of nitro benzene ring substituents is 1. The molecule has 0 N–H and O–H groups in total. The van der Waals surface area contributed by atoms with Crippen LogP contribution in [0.15, 0.2) is 29.8 Å². The number of benzene rings is 1. The summed E-state index contributed by atoms with van der Waals surface area (Å²) in [7, 11) is 1.98. The molecule has 0 radical (unpaired) electrons. The Morgan fingerprint density at radius 3 is 2.43 bits per heavy atom. The maximum atomic E-state index is 12.6. The van der Waals surface area contributed by atoms with Crippen molar-refractivity contribution < 1.29 is 14.5 Å². The van der Waals surface area contributed by atoms with Crippen LogP contribution < -0.4 is 0 Å². The third-order valence-corrected chi connectivity index (χ3v) is 3.79. The van der Waals surface area contributed by atoms with Gasteiger partial charge in [0, 0.05) is 38.3 Å². The van der Waals surface area contributed by atoms with Crippen LogP contribution in [-0.4, -0.2) is 59.6 Å². The number of hydrogen-bond acceptors (Lipinski definition) is 5. The van der Waals surface area contributed by atoms with E-state index in [1.165, 1.54) is 31.2 Å². The van der Waals surface area contributed by atoms with E-state index in [0.29, 0.717) is 18.7 Å². The summed E-state index contributed by atoms with van der Waals surface area (Å²) in [6.07, 6.45) is 1.43. The zero-order valence-corrected chi connectivity index (χ0v) is 13.2. The number of non-ortho nitro benzene ring substituents is 1. The summed E-state index contributed by atoms with van der Waals surface area (Å²) in [5.74, 6) is -0.669. The van der Waals surface area contributed by atoms with Crippen LogP contribution in [0.5, 0.6) is 0 Å². The smallest absolute Gasteiger partial charge is 0.270 e. The van der Waals surface area contributed by atoms with Gasteiger partial charge in [-0.25, -0.2) is 0 Å². The summed E-state index contributed by atoms with van der Waals surface area (Å²) >= 11 is 0. The predicted molar refractivity (Wildman–Crippen MR) is 85.8 cm³/mol. The number of ketones is 1. The van der Waals surface area contributed by atoms with Gasteiger partial charge in [0.25, 0.3) is 11.6 Å². The number of likely N-dealkylation sites (N-methyl/N-ethyl adjacent to an activating group) is 1. The Balaban J connectivity index is 2.27. The second-order valence-electron chi connectivity index (χ2n) is 5.56. The minimum absolute atomic E-state index is 0.0510.